The summed E-state index contributed by atoms with van der Waals surface area (Å²) in [7, 11) is 2.00. The van der Waals surface area contributed by atoms with Crippen LogP contribution in [0.25, 0.3) is 0 Å². The molecule has 0 aromatic heterocycles. The van der Waals surface area contributed by atoms with Gasteiger partial charge in [0.2, 0.25) is 0 Å². The Morgan fingerprint density at radius 3 is 2.79 bits per heavy atom. The van der Waals surface area contributed by atoms with E-state index in [4.69, 9.17) is 4.74 Å². The molecule has 1 rings (SSSR count). The fourth-order valence-corrected chi connectivity index (χ4v) is 2.58. The summed E-state index contributed by atoms with van der Waals surface area (Å²) in [6, 6.07) is 0.404. The molecule has 0 saturated carbocycles. The summed E-state index contributed by atoms with van der Waals surface area (Å²) in [4.78, 5) is 0. The molecular formula is C11H21NOS. The average Bonchev–Trinajstić information content (AvgIpc) is 2.64. The van der Waals surface area contributed by atoms with Crippen molar-refractivity contribution in [3.8, 4) is 0 Å². The van der Waals surface area contributed by atoms with Crippen molar-refractivity contribution in [2.24, 2.45) is 5.92 Å². The van der Waals surface area contributed by atoms with E-state index < -0.39 is 0 Å². The second kappa shape index (κ2) is 6.36. The average molecular weight is 215 g/mol. The van der Waals surface area contributed by atoms with Crippen molar-refractivity contribution >= 4 is 11.8 Å². The van der Waals surface area contributed by atoms with E-state index in [1.165, 1.54) is 5.75 Å². The second-order valence-electron chi connectivity index (χ2n) is 4.02. The third-order valence-electron chi connectivity index (χ3n) is 2.16. The van der Waals surface area contributed by atoms with Crippen molar-refractivity contribution in [1.82, 2.24) is 5.32 Å². The summed E-state index contributed by atoms with van der Waals surface area (Å²) in [5.74, 6) is 4.26. The van der Waals surface area contributed by atoms with E-state index in [0.717, 1.165) is 30.5 Å². The summed E-state index contributed by atoms with van der Waals surface area (Å²) in [6.45, 7) is 5.38. The maximum atomic E-state index is 5.55. The summed E-state index contributed by atoms with van der Waals surface area (Å²) >= 11 is 2.00. The Balaban J connectivity index is 2.24. The molecule has 0 bridgehead atoms. The Morgan fingerprint density at radius 2 is 2.29 bits per heavy atom. The van der Waals surface area contributed by atoms with Crippen LogP contribution in [0.15, 0.2) is 11.8 Å². The standard InChI is InChI=1S/C11H21NOS/c1-9(2)7-14-8-10(12-3)11-5-4-6-13-11/h5,9-10,12H,4,6-8H2,1-3H3. The Labute approximate surface area is 91.5 Å². The van der Waals surface area contributed by atoms with Crippen LogP contribution in [0.5, 0.6) is 0 Å². The normalized spacial score (nSPS) is 18.1. The Kier molecular flexibility index (Phi) is 5.41. The van der Waals surface area contributed by atoms with Crippen molar-refractivity contribution < 1.29 is 4.74 Å². The minimum atomic E-state index is 0.404. The number of rotatable bonds is 6. The quantitative estimate of drug-likeness (QED) is 0.734. The molecule has 1 aliphatic rings. The summed E-state index contributed by atoms with van der Waals surface area (Å²) in [5, 5.41) is 3.30. The van der Waals surface area contributed by atoms with E-state index in [2.05, 4.69) is 25.2 Å². The van der Waals surface area contributed by atoms with Gasteiger partial charge >= 0.3 is 0 Å². The Bertz CT molecular complexity index is 192. The van der Waals surface area contributed by atoms with Gasteiger partial charge in [0.1, 0.15) is 5.76 Å². The fraction of sp³-hybridized carbons (Fsp3) is 0.818. The first-order valence-electron chi connectivity index (χ1n) is 5.32. The SMILES string of the molecule is CNC(CSCC(C)C)C1=CCCO1. The van der Waals surface area contributed by atoms with Crippen molar-refractivity contribution in [2.75, 3.05) is 25.2 Å². The van der Waals surface area contributed by atoms with Gasteiger partial charge in [0.25, 0.3) is 0 Å². The first kappa shape index (κ1) is 11.9. The lowest BCUT2D eigenvalue weighted by Gasteiger charge is -2.17. The van der Waals surface area contributed by atoms with Gasteiger partial charge in [-0.2, -0.15) is 11.8 Å². The van der Waals surface area contributed by atoms with Gasteiger partial charge in [-0.25, -0.2) is 0 Å². The molecule has 0 amide bonds. The van der Waals surface area contributed by atoms with Crippen LogP contribution in [-0.2, 0) is 4.74 Å². The molecular weight excluding hydrogens is 194 g/mol. The van der Waals surface area contributed by atoms with Gasteiger partial charge in [-0.05, 0) is 24.8 Å². The third-order valence-corrected chi connectivity index (χ3v) is 3.63. The largest absolute Gasteiger partial charge is 0.496 e. The van der Waals surface area contributed by atoms with E-state index in [9.17, 15) is 0 Å². The van der Waals surface area contributed by atoms with Crippen LogP contribution in [0.4, 0.5) is 0 Å². The van der Waals surface area contributed by atoms with Gasteiger partial charge in [-0.3, -0.25) is 0 Å². The number of thioether (sulfide) groups is 1. The van der Waals surface area contributed by atoms with Gasteiger partial charge in [0.05, 0.1) is 12.6 Å². The van der Waals surface area contributed by atoms with E-state index in [1.54, 1.807) is 0 Å². The first-order chi connectivity index (χ1) is 6.74. The van der Waals surface area contributed by atoms with E-state index in [-0.39, 0.29) is 0 Å². The van der Waals surface area contributed by atoms with Crippen LogP contribution >= 0.6 is 11.8 Å². The highest BCUT2D eigenvalue weighted by Gasteiger charge is 2.16. The first-order valence-corrected chi connectivity index (χ1v) is 6.47. The van der Waals surface area contributed by atoms with Gasteiger partial charge in [-0.15, -0.1) is 0 Å². The van der Waals surface area contributed by atoms with E-state index in [1.807, 2.05) is 18.8 Å². The summed E-state index contributed by atoms with van der Waals surface area (Å²) in [5.41, 5.74) is 0. The predicted octanol–water partition coefficient (Wildman–Crippen LogP) is 2.27. The zero-order chi connectivity index (χ0) is 10.4. The van der Waals surface area contributed by atoms with Crippen LogP contribution in [0, 0.1) is 5.92 Å². The van der Waals surface area contributed by atoms with E-state index in [0.29, 0.717) is 6.04 Å². The van der Waals surface area contributed by atoms with E-state index >= 15 is 0 Å². The van der Waals surface area contributed by atoms with Crippen LogP contribution in [0.2, 0.25) is 0 Å². The summed E-state index contributed by atoms with van der Waals surface area (Å²) < 4.78 is 5.55. The van der Waals surface area contributed by atoms with Crippen LogP contribution in [0.1, 0.15) is 20.3 Å². The van der Waals surface area contributed by atoms with Gasteiger partial charge in [-0.1, -0.05) is 13.8 Å². The smallest absolute Gasteiger partial charge is 0.110 e. The number of hydrogen-bond donors (Lipinski definition) is 1. The molecule has 1 atom stereocenters. The van der Waals surface area contributed by atoms with Crippen molar-refractivity contribution in [2.45, 2.75) is 26.3 Å². The van der Waals surface area contributed by atoms with Crippen LogP contribution in [0.3, 0.4) is 0 Å². The molecule has 1 aliphatic heterocycles. The minimum absolute atomic E-state index is 0.404. The van der Waals surface area contributed by atoms with Crippen molar-refractivity contribution in [3.05, 3.63) is 11.8 Å². The lowest BCUT2D eigenvalue weighted by atomic mass is 10.2. The second-order valence-corrected chi connectivity index (χ2v) is 5.09. The molecule has 0 aromatic carbocycles. The highest BCUT2D eigenvalue weighted by molar-refractivity contribution is 7.99. The molecule has 0 spiro atoms. The zero-order valence-corrected chi connectivity index (χ0v) is 10.2. The molecule has 3 heteroatoms. The molecule has 0 aromatic rings. The van der Waals surface area contributed by atoms with Crippen molar-refractivity contribution in [1.29, 1.82) is 0 Å². The Morgan fingerprint density at radius 1 is 1.50 bits per heavy atom. The molecule has 82 valence electrons. The maximum Gasteiger partial charge on any atom is 0.110 e. The maximum absolute atomic E-state index is 5.55. The molecule has 1 unspecified atom stereocenters. The lowest BCUT2D eigenvalue weighted by Crippen LogP contribution is -2.30. The third kappa shape index (κ3) is 3.93. The van der Waals surface area contributed by atoms with Crippen LogP contribution in [-0.4, -0.2) is 31.2 Å². The fourth-order valence-electron chi connectivity index (χ4n) is 1.41. The zero-order valence-electron chi connectivity index (χ0n) is 9.38. The predicted molar refractivity (Wildman–Crippen MR) is 63.7 cm³/mol. The highest BCUT2D eigenvalue weighted by atomic mass is 32.2. The molecule has 14 heavy (non-hydrogen) atoms. The molecule has 0 saturated heterocycles. The number of nitrogens with one attached hydrogen (secondary N) is 1. The number of hydrogen-bond acceptors (Lipinski definition) is 3. The van der Waals surface area contributed by atoms with Gasteiger partial charge in [0.15, 0.2) is 0 Å². The molecule has 0 aliphatic carbocycles. The molecule has 0 fully saturated rings. The highest BCUT2D eigenvalue weighted by Crippen LogP contribution is 2.18. The number of likely N-dealkylation sites (N-methyl/N-ethyl adjacent to an activating group) is 1. The van der Waals surface area contributed by atoms with Gasteiger partial charge < -0.3 is 10.1 Å². The molecule has 1 N–H and O–H groups in total. The van der Waals surface area contributed by atoms with Crippen LogP contribution < -0.4 is 5.32 Å². The minimum Gasteiger partial charge on any atom is -0.496 e. The topological polar surface area (TPSA) is 21.3 Å². The summed E-state index contributed by atoms with van der Waals surface area (Å²) in [6.07, 6.45) is 3.28. The monoisotopic (exact) mass is 215 g/mol. The number of ether oxygens (including phenoxy) is 1. The Hall–Kier alpha value is -0.150. The van der Waals surface area contributed by atoms with Crippen molar-refractivity contribution in [3.63, 3.8) is 0 Å². The molecule has 2 nitrogen and oxygen atoms in total. The lowest BCUT2D eigenvalue weighted by molar-refractivity contribution is 0.222. The molecule has 0 radical (unpaired) electrons. The van der Waals surface area contributed by atoms with Gasteiger partial charge in [0, 0.05) is 12.2 Å². The molecule has 1 heterocycles.